The Kier molecular flexibility index (Phi) is 7.21. The third-order valence-electron chi connectivity index (χ3n) is 12.1. The maximum atomic E-state index is 7.11. The fourth-order valence-corrected chi connectivity index (χ4v) is 9.46. The first-order chi connectivity index (χ1) is 30.3. The molecule has 4 aromatic heterocycles. The van der Waals surface area contributed by atoms with E-state index in [1.807, 2.05) is 60.7 Å². The normalized spacial score (nSPS) is 11.9. The molecule has 284 valence electrons. The van der Waals surface area contributed by atoms with Gasteiger partial charge in [0.25, 0.3) is 0 Å². The molecule has 0 aliphatic rings. The molecule has 61 heavy (non-hydrogen) atoms. The van der Waals surface area contributed by atoms with E-state index in [1.165, 1.54) is 27.1 Å². The van der Waals surface area contributed by atoms with Gasteiger partial charge in [0, 0.05) is 55.2 Å². The quantitative estimate of drug-likeness (QED) is 0.175. The molecule has 6 heteroatoms. The van der Waals surface area contributed by atoms with Crippen LogP contribution < -0.4 is 0 Å². The second kappa shape index (κ2) is 13.1. The van der Waals surface area contributed by atoms with Gasteiger partial charge in [-0.2, -0.15) is 0 Å². The molecule has 6 nitrogen and oxygen atoms in total. The zero-order valence-corrected chi connectivity index (χ0v) is 32.7. The van der Waals surface area contributed by atoms with Crippen molar-refractivity contribution >= 4 is 76.3 Å². The molecule has 0 spiro atoms. The first kappa shape index (κ1) is 33.6. The van der Waals surface area contributed by atoms with Crippen molar-refractivity contribution in [3.63, 3.8) is 0 Å². The van der Waals surface area contributed by atoms with Gasteiger partial charge in [0.05, 0.1) is 33.3 Å². The lowest BCUT2D eigenvalue weighted by atomic mass is 9.99. The minimum Gasteiger partial charge on any atom is -0.455 e. The van der Waals surface area contributed by atoms with Crippen molar-refractivity contribution in [1.82, 2.24) is 24.1 Å². The van der Waals surface area contributed by atoms with Crippen LogP contribution in [-0.4, -0.2) is 24.1 Å². The van der Waals surface area contributed by atoms with Crippen LogP contribution in [0.25, 0.3) is 122 Å². The number of hydrogen-bond donors (Lipinski definition) is 0. The summed E-state index contributed by atoms with van der Waals surface area (Å²) in [6.45, 7) is 0. The third kappa shape index (κ3) is 5.06. The van der Waals surface area contributed by atoms with Crippen molar-refractivity contribution in [2.45, 2.75) is 0 Å². The molecule has 0 amide bonds. The topological polar surface area (TPSA) is 61.7 Å². The van der Waals surface area contributed by atoms with Gasteiger partial charge >= 0.3 is 0 Å². The Hall–Kier alpha value is -8.35. The minimum absolute atomic E-state index is 0.557. The summed E-state index contributed by atoms with van der Waals surface area (Å²) in [5, 5.41) is 9.07. The van der Waals surface area contributed by atoms with E-state index in [0.717, 1.165) is 77.3 Å². The summed E-state index contributed by atoms with van der Waals surface area (Å²) in [6.07, 6.45) is 0. The molecule has 0 aliphatic heterocycles. The highest BCUT2D eigenvalue weighted by atomic mass is 16.3. The van der Waals surface area contributed by atoms with Crippen molar-refractivity contribution in [2.75, 3.05) is 0 Å². The number of rotatable bonds is 5. The maximum Gasteiger partial charge on any atom is 0.167 e. The molecule has 0 saturated carbocycles. The van der Waals surface area contributed by atoms with Gasteiger partial charge in [0.1, 0.15) is 11.2 Å². The Bertz CT molecular complexity index is 3810. The van der Waals surface area contributed by atoms with Crippen molar-refractivity contribution in [3.8, 4) is 45.5 Å². The highest BCUT2D eigenvalue weighted by Crippen LogP contribution is 2.44. The van der Waals surface area contributed by atoms with Gasteiger partial charge in [-0.3, -0.25) is 0 Å². The number of furan rings is 1. The lowest BCUT2D eigenvalue weighted by Crippen LogP contribution is -2.00. The molecule has 9 aromatic carbocycles. The molecule has 0 radical (unpaired) electrons. The van der Waals surface area contributed by atoms with Crippen molar-refractivity contribution in [2.24, 2.45) is 0 Å². The Morgan fingerprint density at radius 3 is 1.48 bits per heavy atom. The summed E-state index contributed by atoms with van der Waals surface area (Å²) in [5.74, 6) is 1.77. The average Bonchev–Trinajstić information content (AvgIpc) is 4.00. The van der Waals surface area contributed by atoms with E-state index in [9.17, 15) is 0 Å². The van der Waals surface area contributed by atoms with Crippen LogP contribution in [0.1, 0.15) is 0 Å². The standard InChI is InChI=1S/C55H33N5O/c1-4-16-34(17-5-1)53-56-54(35-18-6-2-7-19-35)58-55(57-53)45-32-36-20-10-11-23-39(36)49-44-29-28-38(33-48(44)61-52(45)49)60-47-27-15-13-25-41(47)43-31-30-42-40-24-12-14-26-46(40)59(50(42)51(43)60)37-21-8-3-9-22-37/h1-33H. The van der Waals surface area contributed by atoms with Gasteiger partial charge in [0.15, 0.2) is 17.5 Å². The predicted molar refractivity (Wildman–Crippen MR) is 250 cm³/mol. The van der Waals surface area contributed by atoms with Crippen molar-refractivity contribution in [1.29, 1.82) is 0 Å². The van der Waals surface area contributed by atoms with Crippen LogP contribution >= 0.6 is 0 Å². The van der Waals surface area contributed by atoms with Gasteiger partial charge < -0.3 is 13.6 Å². The summed E-state index contributed by atoms with van der Waals surface area (Å²) in [5.41, 5.74) is 10.9. The van der Waals surface area contributed by atoms with E-state index < -0.39 is 0 Å². The van der Waals surface area contributed by atoms with E-state index in [1.54, 1.807) is 0 Å². The molecule has 0 unspecified atom stereocenters. The fourth-order valence-electron chi connectivity index (χ4n) is 9.46. The Morgan fingerprint density at radius 1 is 0.361 bits per heavy atom. The largest absolute Gasteiger partial charge is 0.455 e. The third-order valence-corrected chi connectivity index (χ3v) is 12.1. The zero-order chi connectivity index (χ0) is 40.0. The second-order valence-corrected chi connectivity index (χ2v) is 15.6. The van der Waals surface area contributed by atoms with Crippen LogP contribution in [-0.2, 0) is 0 Å². The van der Waals surface area contributed by atoms with Crippen LogP contribution in [0.5, 0.6) is 0 Å². The van der Waals surface area contributed by atoms with Crippen LogP contribution in [0, 0.1) is 0 Å². The fraction of sp³-hybridized carbons (Fsp3) is 0. The first-order valence-electron chi connectivity index (χ1n) is 20.5. The molecule has 0 atom stereocenters. The van der Waals surface area contributed by atoms with E-state index in [-0.39, 0.29) is 0 Å². The smallest absolute Gasteiger partial charge is 0.167 e. The first-order valence-corrected chi connectivity index (χ1v) is 20.5. The van der Waals surface area contributed by atoms with Gasteiger partial charge in [-0.25, -0.2) is 15.0 Å². The number of aromatic nitrogens is 5. The Morgan fingerprint density at radius 2 is 0.852 bits per heavy atom. The van der Waals surface area contributed by atoms with Gasteiger partial charge in [0.2, 0.25) is 0 Å². The van der Waals surface area contributed by atoms with Gasteiger partial charge in [-0.15, -0.1) is 0 Å². The molecule has 13 aromatic rings. The van der Waals surface area contributed by atoms with Crippen LogP contribution in [0.15, 0.2) is 205 Å². The van der Waals surface area contributed by atoms with Gasteiger partial charge in [-0.05, 0) is 53.2 Å². The number of para-hydroxylation sites is 3. The molecule has 0 aliphatic carbocycles. The molecular weight excluding hydrogens is 747 g/mol. The minimum atomic E-state index is 0.557. The Labute approximate surface area is 349 Å². The van der Waals surface area contributed by atoms with Crippen molar-refractivity contribution < 1.29 is 4.42 Å². The molecular formula is C55H33N5O. The average molecular weight is 780 g/mol. The highest BCUT2D eigenvalue weighted by Gasteiger charge is 2.24. The van der Waals surface area contributed by atoms with E-state index in [2.05, 4.69) is 149 Å². The zero-order valence-electron chi connectivity index (χ0n) is 32.7. The van der Waals surface area contributed by atoms with Crippen LogP contribution in [0.2, 0.25) is 0 Å². The monoisotopic (exact) mass is 779 g/mol. The van der Waals surface area contributed by atoms with Crippen molar-refractivity contribution in [3.05, 3.63) is 200 Å². The van der Waals surface area contributed by atoms with Crippen LogP contribution in [0.4, 0.5) is 0 Å². The van der Waals surface area contributed by atoms with Gasteiger partial charge in [-0.1, -0.05) is 152 Å². The number of hydrogen-bond acceptors (Lipinski definition) is 4. The highest BCUT2D eigenvalue weighted by molar-refractivity contribution is 6.25. The summed E-state index contributed by atoms with van der Waals surface area (Å²) in [6, 6.07) is 70.2. The molecule has 0 saturated heterocycles. The molecule has 4 heterocycles. The lowest BCUT2D eigenvalue weighted by molar-refractivity contribution is 0.669. The number of benzene rings is 9. The number of fused-ring (bicyclic) bond motifs is 12. The lowest BCUT2D eigenvalue weighted by Gasteiger charge is -2.12. The molecule has 0 fully saturated rings. The molecule has 0 N–H and O–H groups in total. The second-order valence-electron chi connectivity index (χ2n) is 15.6. The SMILES string of the molecule is c1ccc(-c2nc(-c3ccccc3)nc(-c3cc4ccccc4c4c3oc3cc(-n5c6ccccc6c6ccc7c8ccccc8n(-c8ccccc8)c7c65)ccc34)n2)cc1. The summed E-state index contributed by atoms with van der Waals surface area (Å²) >= 11 is 0. The van der Waals surface area contributed by atoms with E-state index in [0.29, 0.717) is 17.5 Å². The Balaban J connectivity index is 1.11. The predicted octanol–water partition coefficient (Wildman–Crippen LogP) is 14.1. The number of nitrogens with zero attached hydrogens (tertiary/aromatic N) is 5. The van der Waals surface area contributed by atoms with E-state index >= 15 is 0 Å². The van der Waals surface area contributed by atoms with E-state index in [4.69, 9.17) is 19.4 Å². The molecule has 0 bridgehead atoms. The summed E-state index contributed by atoms with van der Waals surface area (Å²) in [7, 11) is 0. The molecule has 13 rings (SSSR count). The maximum absolute atomic E-state index is 7.11. The summed E-state index contributed by atoms with van der Waals surface area (Å²) < 4.78 is 11.9. The summed E-state index contributed by atoms with van der Waals surface area (Å²) in [4.78, 5) is 15.3. The van der Waals surface area contributed by atoms with Crippen LogP contribution in [0.3, 0.4) is 0 Å².